The summed E-state index contributed by atoms with van der Waals surface area (Å²) >= 11 is 9.33. The zero-order valence-corrected chi connectivity index (χ0v) is 12.6. The van der Waals surface area contributed by atoms with Crippen LogP contribution in [0, 0.1) is 0 Å². The first kappa shape index (κ1) is 13.8. The largest absolute Gasteiger partial charge is 0.324 e. The number of halogens is 2. The number of piperidine rings is 1. The molecule has 98 valence electrons. The summed E-state index contributed by atoms with van der Waals surface area (Å²) < 4.78 is 0.823. The molecule has 1 aromatic rings. The first-order valence-electron chi connectivity index (χ1n) is 6.03. The quantitative estimate of drug-likeness (QED) is 0.870. The summed E-state index contributed by atoms with van der Waals surface area (Å²) in [5.74, 6) is 0.000545. The van der Waals surface area contributed by atoms with E-state index in [1.165, 1.54) is 0 Å². The Morgan fingerprint density at radius 2 is 2.28 bits per heavy atom. The van der Waals surface area contributed by atoms with Gasteiger partial charge in [0.2, 0.25) is 5.91 Å². The molecule has 2 rings (SSSR count). The van der Waals surface area contributed by atoms with Crippen LogP contribution in [0.4, 0.5) is 5.69 Å². The fourth-order valence-corrected chi connectivity index (χ4v) is 2.52. The number of hydrogen-bond donors (Lipinski definition) is 2. The van der Waals surface area contributed by atoms with Crippen LogP contribution in [-0.4, -0.2) is 18.0 Å². The van der Waals surface area contributed by atoms with E-state index in [2.05, 4.69) is 26.6 Å². The maximum absolute atomic E-state index is 12.3. The Morgan fingerprint density at radius 3 is 2.89 bits per heavy atom. The van der Waals surface area contributed by atoms with Crippen LogP contribution in [0.2, 0.25) is 5.02 Å². The van der Waals surface area contributed by atoms with E-state index < -0.39 is 5.54 Å². The molecule has 2 N–H and O–H groups in total. The maximum Gasteiger partial charge on any atom is 0.244 e. The van der Waals surface area contributed by atoms with Gasteiger partial charge in [-0.1, -0.05) is 11.6 Å². The van der Waals surface area contributed by atoms with Gasteiger partial charge in [-0.05, 0) is 66.9 Å². The number of anilines is 1. The van der Waals surface area contributed by atoms with Crippen molar-refractivity contribution in [3.05, 3.63) is 27.7 Å². The smallest absolute Gasteiger partial charge is 0.244 e. The Bertz CT molecular complexity index is 458. The van der Waals surface area contributed by atoms with Crippen molar-refractivity contribution < 1.29 is 4.79 Å². The number of nitrogens with one attached hydrogen (secondary N) is 2. The van der Waals surface area contributed by atoms with Gasteiger partial charge in [0.15, 0.2) is 0 Å². The maximum atomic E-state index is 12.3. The summed E-state index contributed by atoms with van der Waals surface area (Å²) in [6.07, 6.45) is 3.08. The molecule has 18 heavy (non-hydrogen) atoms. The second-order valence-electron chi connectivity index (χ2n) is 4.80. The average molecular weight is 332 g/mol. The third-order valence-electron chi connectivity index (χ3n) is 3.30. The van der Waals surface area contributed by atoms with Crippen molar-refractivity contribution in [3.63, 3.8) is 0 Å². The molecular formula is C13H16BrClN2O. The summed E-state index contributed by atoms with van der Waals surface area (Å²) in [6, 6.07) is 5.41. The van der Waals surface area contributed by atoms with Gasteiger partial charge in [-0.15, -0.1) is 0 Å². The van der Waals surface area contributed by atoms with E-state index in [0.717, 1.165) is 36.0 Å². The van der Waals surface area contributed by atoms with Gasteiger partial charge < -0.3 is 10.6 Å². The minimum Gasteiger partial charge on any atom is -0.324 e. The summed E-state index contributed by atoms with van der Waals surface area (Å²) in [7, 11) is 0. The molecule has 1 unspecified atom stereocenters. The fraction of sp³-hybridized carbons (Fsp3) is 0.462. The number of amides is 1. The van der Waals surface area contributed by atoms with Crippen LogP contribution in [0.15, 0.2) is 22.7 Å². The lowest BCUT2D eigenvalue weighted by Gasteiger charge is -2.33. The van der Waals surface area contributed by atoms with Crippen LogP contribution < -0.4 is 10.6 Å². The van der Waals surface area contributed by atoms with Crippen LogP contribution in [-0.2, 0) is 4.79 Å². The van der Waals surface area contributed by atoms with Crippen molar-refractivity contribution in [1.29, 1.82) is 0 Å². The Hall–Kier alpha value is -0.580. The molecule has 1 amide bonds. The molecule has 3 nitrogen and oxygen atoms in total. The second kappa shape index (κ2) is 5.59. The van der Waals surface area contributed by atoms with Crippen molar-refractivity contribution in [3.8, 4) is 0 Å². The lowest BCUT2D eigenvalue weighted by Crippen LogP contribution is -2.54. The SMILES string of the molecule is CC1(C(=O)Nc2ccc(Br)c(Cl)c2)CCCCN1. The number of rotatable bonds is 2. The highest BCUT2D eigenvalue weighted by Crippen LogP contribution is 2.27. The van der Waals surface area contributed by atoms with E-state index >= 15 is 0 Å². The third kappa shape index (κ3) is 3.05. The highest BCUT2D eigenvalue weighted by Gasteiger charge is 2.34. The molecule has 0 spiro atoms. The molecule has 0 bridgehead atoms. The van der Waals surface area contributed by atoms with Gasteiger partial charge in [0.05, 0.1) is 10.6 Å². The molecule has 1 fully saturated rings. The summed E-state index contributed by atoms with van der Waals surface area (Å²) in [4.78, 5) is 12.3. The van der Waals surface area contributed by atoms with Crippen LogP contribution in [0.25, 0.3) is 0 Å². The van der Waals surface area contributed by atoms with E-state index in [9.17, 15) is 4.79 Å². The number of benzene rings is 1. The summed E-state index contributed by atoms with van der Waals surface area (Å²) in [5, 5.41) is 6.79. The van der Waals surface area contributed by atoms with E-state index in [4.69, 9.17) is 11.6 Å². The topological polar surface area (TPSA) is 41.1 Å². The van der Waals surface area contributed by atoms with Crippen molar-refractivity contribution in [2.24, 2.45) is 0 Å². The minimum atomic E-state index is -0.474. The van der Waals surface area contributed by atoms with Gasteiger partial charge in [0.25, 0.3) is 0 Å². The lowest BCUT2D eigenvalue weighted by atomic mass is 9.90. The van der Waals surface area contributed by atoms with Crippen molar-refractivity contribution in [2.45, 2.75) is 31.7 Å². The van der Waals surface area contributed by atoms with E-state index in [1.807, 2.05) is 19.1 Å². The molecule has 1 aromatic carbocycles. The van der Waals surface area contributed by atoms with Gasteiger partial charge in [0, 0.05) is 10.2 Å². The number of carbonyl (C=O) groups is 1. The Labute approximate surface area is 120 Å². The number of hydrogen-bond acceptors (Lipinski definition) is 2. The minimum absolute atomic E-state index is 0.000545. The highest BCUT2D eigenvalue weighted by atomic mass is 79.9. The van der Waals surface area contributed by atoms with E-state index in [-0.39, 0.29) is 5.91 Å². The first-order valence-corrected chi connectivity index (χ1v) is 7.20. The van der Waals surface area contributed by atoms with E-state index in [0.29, 0.717) is 5.02 Å². The molecule has 1 aliphatic rings. The fourth-order valence-electron chi connectivity index (χ4n) is 2.09. The average Bonchev–Trinajstić information content (AvgIpc) is 2.35. The Morgan fingerprint density at radius 1 is 1.50 bits per heavy atom. The van der Waals surface area contributed by atoms with Gasteiger partial charge in [-0.3, -0.25) is 4.79 Å². The molecule has 5 heteroatoms. The molecule has 0 aliphatic carbocycles. The molecule has 1 atom stereocenters. The monoisotopic (exact) mass is 330 g/mol. The normalized spacial score (nSPS) is 23.7. The van der Waals surface area contributed by atoms with Gasteiger partial charge >= 0.3 is 0 Å². The standard InChI is InChI=1S/C13H16BrClN2O/c1-13(6-2-3-7-16-13)12(18)17-9-4-5-10(14)11(15)8-9/h4-5,8,16H,2-3,6-7H2,1H3,(H,17,18). The predicted molar refractivity (Wildman–Crippen MR) is 78.0 cm³/mol. The molecule has 0 radical (unpaired) electrons. The second-order valence-corrected chi connectivity index (χ2v) is 6.06. The van der Waals surface area contributed by atoms with Gasteiger partial charge in [-0.25, -0.2) is 0 Å². The molecule has 0 aromatic heterocycles. The highest BCUT2D eigenvalue weighted by molar-refractivity contribution is 9.10. The van der Waals surface area contributed by atoms with Crippen LogP contribution >= 0.6 is 27.5 Å². The molecule has 1 saturated heterocycles. The van der Waals surface area contributed by atoms with Gasteiger partial charge in [-0.2, -0.15) is 0 Å². The first-order chi connectivity index (χ1) is 8.51. The lowest BCUT2D eigenvalue weighted by molar-refractivity contribution is -0.122. The predicted octanol–water partition coefficient (Wildman–Crippen LogP) is 3.57. The molecule has 1 aliphatic heterocycles. The molecular weight excluding hydrogens is 316 g/mol. The van der Waals surface area contributed by atoms with E-state index in [1.54, 1.807) is 6.07 Å². The van der Waals surface area contributed by atoms with Crippen molar-refractivity contribution >= 4 is 39.1 Å². The zero-order valence-electron chi connectivity index (χ0n) is 10.2. The Kier molecular flexibility index (Phi) is 4.30. The molecule has 0 saturated carbocycles. The number of carbonyl (C=O) groups excluding carboxylic acids is 1. The molecule has 1 heterocycles. The van der Waals surface area contributed by atoms with Crippen molar-refractivity contribution in [2.75, 3.05) is 11.9 Å². The van der Waals surface area contributed by atoms with Crippen LogP contribution in [0.3, 0.4) is 0 Å². The third-order valence-corrected chi connectivity index (χ3v) is 4.53. The summed E-state index contributed by atoms with van der Waals surface area (Å²) in [5.41, 5.74) is 0.249. The van der Waals surface area contributed by atoms with Crippen molar-refractivity contribution in [1.82, 2.24) is 5.32 Å². The summed E-state index contributed by atoms with van der Waals surface area (Å²) in [6.45, 7) is 2.84. The van der Waals surface area contributed by atoms with Gasteiger partial charge in [0.1, 0.15) is 0 Å². The zero-order chi connectivity index (χ0) is 13.2. The van der Waals surface area contributed by atoms with Crippen LogP contribution in [0.1, 0.15) is 26.2 Å². The Balaban J connectivity index is 2.08. The van der Waals surface area contributed by atoms with Crippen LogP contribution in [0.5, 0.6) is 0 Å².